The highest BCUT2D eigenvalue weighted by molar-refractivity contribution is 9.10. The third-order valence-corrected chi connectivity index (χ3v) is 3.61. The van der Waals surface area contributed by atoms with Crippen molar-refractivity contribution in [3.63, 3.8) is 0 Å². The Balaban J connectivity index is 2.07. The van der Waals surface area contributed by atoms with Gasteiger partial charge in [0.1, 0.15) is 0 Å². The van der Waals surface area contributed by atoms with Crippen molar-refractivity contribution in [2.45, 2.75) is 25.8 Å². The molecule has 102 valence electrons. The van der Waals surface area contributed by atoms with Crippen LogP contribution in [0.4, 0.5) is 0 Å². The number of hydrogen-bond donors (Lipinski definition) is 2. The summed E-state index contributed by atoms with van der Waals surface area (Å²) < 4.78 is 2.91. The van der Waals surface area contributed by atoms with Gasteiger partial charge in [-0.1, -0.05) is 22.0 Å². The van der Waals surface area contributed by atoms with Crippen molar-refractivity contribution >= 4 is 15.9 Å². The fourth-order valence-corrected chi connectivity index (χ4v) is 2.85. The number of nitrogens with one attached hydrogen (secondary N) is 1. The molecule has 0 bridgehead atoms. The molecule has 0 spiro atoms. The number of aryl methyl sites for hydroxylation is 3. The fourth-order valence-electron chi connectivity index (χ4n) is 2.22. The van der Waals surface area contributed by atoms with E-state index in [4.69, 9.17) is 5.84 Å². The van der Waals surface area contributed by atoms with Crippen molar-refractivity contribution in [2.75, 3.05) is 0 Å². The van der Waals surface area contributed by atoms with Gasteiger partial charge in [0.15, 0.2) is 0 Å². The molecule has 3 N–H and O–H groups in total. The van der Waals surface area contributed by atoms with Gasteiger partial charge in [0.2, 0.25) is 0 Å². The maximum Gasteiger partial charge on any atom is 0.0521 e. The fraction of sp³-hybridized carbons (Fsp3) is 0.357. The second kappa shape index (κ2) is 6.32. The molecule has 0 fully saturated rings. The Morgan fingerprint density at radius 3 is 2.79 bits per heavy atom. The van der Waals surface area contributed by atoms with Crippen LogP contribution < -0.4 is 11.3 Å². The van der Waals surface area contributed by atoms with Crippen LogP contribution in [0.15, 0.2) is 35.1 Å². The minimum atomic E-state index is 0.149. The standard InChI is InChI=1S/C14H19BrN4/c1-10-5-12(7-13(15)6-10)14(18-16)4-3-11-8-17-19(2)9-11/h5-9,14,18H,3-4,16H2,1-2H3. The lowest BCUT2D eigenvalue weighted by atomic mass is 9.99. The Labute approximate surface area is 122 Å². The molecule has 5 heteroatoms. The molecule has 1 aromatic carbocycles. The van der Waals surface area contributed by atoms with Gasteiger partial charge in [0, 0.05) is 23.8 Å². The highest BCUT2D eigenvalue weighted by atomic mass is 79.9. The van der Waals surface area contributed by atoms with Crippen LogP contribution in [0.5, 0.6) is 0 Å². The molecule has 0 aliphatic carbocycles. The summed E-state index contributed by atoms with van der Waals surface area (Å²) in [5.74, 6) is 5.69. The highest BCUT2D eigenvalue weighted by Gasteiger charge is 2.11. The monoisotopic (exact) mass is 322 g/mol. The van der Waals surface area contributed by atoms with E-state index in [1.165, 1.54) is 16.7 Å². The van der Waals surface area contributed by atoms with E-state index in [0.29, 0.717) is 0 Å². The van der Waals surface area contributed by atoms with Crippen molar-refractivity contribution in [3.05, 3.63) is 51.8 Å². The van der Waals surface area contributed by atoms with Crippen molar-refractivity contribution in [1.29, 1.82) is 0 Å². The van der Waals surface area contributed by atoms with Gasteiger partial charge in [0.05, 0.1) is 6.20 Å². The molecule has 1 aromatic heterocycles. The zero-order chi connectivity index (χ0) is 13.8. The van der Waals surface area contributed by atoms with Crippen molar-refractivity contribution in [2.24, 2.45) is 12.9 Å². The Hall–Kier alpha value is -1.17. The number of benzene rings is 1. The molecule has 0 aliphatic rings. The largest absolute Gasteiger partial charge is 0.276 e. The van der Waals surface area contributed by atoms with Gasteiger partial charge in [-0.2, -0.15) is 5.10 Å². The lowest BCUT2D eigenvalue weighted by Gasteiger charge is -2.17. The highest BCUT2D eigenvalue weighted by Crippen LogP contribution is 2.23. The number of aromatic nitrogens is 2. The van der Waals surface area contributed by atoms with Gasteiger partial charge < -0.3 is 0 Å². The van der Waals surface area contributed by atoms with E-state index in [2.05, 4.69) is 51.6 Å². The van der Waals surface area contributed by atoms with E-state index >= 15 is 0 Å². The average molecular weight is 323 g/mol. The predicted octanol–water partition coefficient (Wildman–Crippen LogP) is 2.63. The maximum absolute atomic E-state index is 5.69. The molecule has 4 nitrogen and oxygen atoms in total. The van der Waals surface area contributed by atoms with Gasteiger partial charge in [-0.25, -0.2) is 0 Å². The van der Waals surface area contributed by atoms with Gasteiger partial charge in [0.25, 0.3) is 0 Å². The predicted molar refractivity (Wildman–Crippen MR) is 80.5 cm³/mol. The summed E-state index contributed by atoms with van der Waals surface area (Å²) in [6.45, 7) is 2.09. The molecule has 0 amide bonds. The van der Waals surface area contributed by atoms with Crippen LogP contribution in [0.25, 0.3) is 0 Å². The molecule has 19 heavy (non-hydrogen) atoms. The number of hydrogen-bond acceptors (Lipinski definition) is 3. The molecule has 1 atom stereocenters. The molecule has 2 aromatic rings. The summed E-state index contributed by atoms with van der Waals surface area (Å²) in [7, 11) is 1.93. The van der Waals surface area contributed by atoms with Crippen LogP contribution in [0, 0.1) is 6.92 Å². The molecule has 1 heterocycles. The molecular weight excluding hydrogens is 304 g/mol. The van der Waals surface area contributed by atoms with E-state index in [1.54, 1.807) is 0 Å². The van der Waals surface area contributed by atoms with Gasteiger partial charge in [-0.15, -0.1) is 0 Å². The second-order valence-electron chi connectivity index (χ2n) is 4.84. The number of nitrogens with zero attached hydrogens (tertiary/aromatic N) is 2. The summed E-state index contributed by atoms with van der Waals surface area (Å²) >= 11 is 3.53. The van der Waals surface area contributed by atoms with E-state index in [-0.39, 0.29) is 6.04 Å². The number of hydrazine groups is 1. The summed E-state index contributed by atoms with van der Waals surface area (Å²) in [5, 5.41) is 4.18. The number of rotatable bonds is 5. The van der Waals surface area contributed by atoms with Crippen LogP contribution in [0.2, 0.25) is 0 Å². The summed E-state index contributed by atoms with van der Waals surface area (Å²) in [6, 6.07) is 6.52. The van der Waals surface area contributed by atoms with Gasteiger partial charge in [-0.3, -0.25) is 16.0 Å². The summed E-state index contributed by atoms with van der Waals surface area (Å²) in [5.41, 5.74) is 6.57. The quantitative estimate of drug-likeness (QED) is 0.657. The van der Waals surface area contributed by atoms with Gasteiger partial charge >= 0.3 is 0 Å². The average Bonchev–Trinajstić information content (AvgIpc) is 2.75. The van der Waals surface area contributed by atoms with Crippen molar-refractivity contribution in [3.8, 4) is 0 Å². The normalized spacial score (nSPS) is 12.6. The molecule has 0 aliphatic heterocycles. The van der Waals surface area contributed by atoms with E-state index in [9.17, 15) is 0 Å². The van der Waals surface area contributed by atoms with Crippen LogP contribution >= 0.6 is 15.9 Å². The molecule has 2 rings (SSSR count). The maximum atomic E-state index is 5.69. The van der Waals surface area contributed by atoms with E-state index < -0.39 is 0 Å². The first-order valence-corrected chi connectivity index (χ1v) is 7.08. The minimum Gasteiger partial charge on any atom is -0.276 e. The summed E-state index contributed by atoms with van der Waals surface area (Å²) in [4.78, 5) is 0. The Bertz CT molecular complexity index is 530. The Morgan fingerprint density at radius 2 is 2.21 bits per heavy atom. The van der Waals surface area contributed by atoms with Crippen molar-refractivity contribution < 1.29 is 0 Å². The summed E-state index contributed by atoms with van der Waals surface area (Å²) in [6.07, 6.45) is 5.84. The third kappa shape index (κ3) is 3.89. The van der Waals surface area contributed by atoms with E-state index in [1.807, 2.05) is 24.1 Å². The Kier molecular flexibility index (Phi) is 4.74. The topological polar surface area (TPSA) is 55.9 Å². The first-order chi connectivity index (χ1) is 9.08. The molecule has 0 radical (unpaired) electrons. The Morgan fingerprint density at radius 1 is 1.42 bits per heavy atom. The van der Waals surface area contributed by atoms with Crippen LogP contribution in [0.3, 0.4) is 0 Å². The zero-order valence-corrected chi connectivity index (χ0v) is 12.8. The first-order valence-electron chi connectivity index (χ1n) is 6.29. The van der Waals surface area contributed by atoms with Crippen molar-refractivity contribution in [1.82, 2.24) is 15.2 Å². The molecule has 0 saturated carbocycles. The lowest BCUT2D eigenvalue weighted by Crippen LogP contribution is -2.28. The minimum absolute atomic E-state index is 0.149. The molecule has 1 unspecified atom stereocenters. The first kappa shape index (κ1) is 14.2. The van der Waals surface area contributed by atoms with Crippen LogP contribution in [-0.4, -0.2) is 9.78 Å². The molecule has 0 saturated heterocycles. The molecular formula is C14H19BrN4. The SMILES string of the molecule is Cc1cc(Br)cc(C(CCc2cnn(C)c2)NN)c1. The third-order valence-electron chi connectivity index (χ3n) is 3.15. The number of halogens is 1. The van der Waals surface area contributed by atoms with E-state index in [0.717, 1.165) is 17.3 Å². The lowest BCUT2D eigenvalue weighted by molar-refractivity contribution is 0.516. The number of nitrogens with two attached hydrogens (primary N) is 1. The smallest absolute Gasteiger partial charge is 0.0521 e. The van der Waals surface area contributed by atoms with Crippen LogP contribution in [-0.2, 0) is 13.5 Å². The van der Waals surface area contributed by atoms with Crippen LogP contribution in [0.1, 0.15) is 29.2 Å². The van der Waals surface area contributed by atoms with Gasteiger partial charge in [-0.05, 0) is 48.6 Å². The zero-order valence-electron chi connectivity index (χ0n) is 11.2. The second-order valence-corrected chi connectivity index (χ2v) is 5.76.